The van der Waals surface area contributed by atoms with Crippen LogP contribution in [0.1, 0.15) is 42.9 Å². The SMILES string of the molecule is C/C=c1/c2c(cc/c1=C/C(C)c1ccc3cc(I)ccc3c1)C=CCC2. The monoisotopic (exact) mass is 450 g/mol. The molecule has 0 bridgehead atoms. The highest BCUT2D eigenvalue weighted by atomic mass is 127. The first-order valence-corrected chi connectivity index (χ1v) is 10.4. The van der Waals surface area contributed by atoms with E-state index in [9.17, 15) is 0 Å². The minimum atomic E-state index is 0.384. The molecule has 4 rings (SSSR count). The van der Waals surface area contributed by atoms with Crippen molar-refractivity contribution in [1.29, 1.82) is 0 Å². The lowest BCUT2D eigenvalue weighted by atomic mass is 9.92. The van der Waals surface area contributed by atoms with Gasteiger partial charge in [-0.1, -0.05) is 67.6 Å². The Morgan fingerprint density at radius 2 is 1.81 bits per heavy atom. The molecule has 0 spiro atoms. The van der Waals surface area contributed by atoms with Crippen LogP contribution in [0.5, 0.6) is 0 Å². The first-order chi connectivity index (χ1) is 12.7. The molecule has 3 aromatic rings. The van der Waals surface area contributed by atoms with Crippen molar-refractivity contribution in [3.8, 4) is 0 Å². The van der Waals surface area contributed by atoms with Crippen LogP contribution in [-0.2, 0) is 6.42 Å². The lowest BCUT2D eigenvalue weighted by Crippen LogP contribution is -2.30. The zero-order valence-electron chi connectivity index (χ0n) is 15.3. The average molecular weight is 450 g/mol. The van der Waals surface area contributed by atoms with Crippen LogP contribution in [0.4, 0.5) is 0 Å². The van der Waals surface area contributed by atoms with E-state index < -0.39 is 0 Å². The summed E-state index contributed by atoms with van der Waals surface area (Å²) in [5.41, 5.74) is 4.26. The van der Waals surface area contributed by atoms with E-state index in [4.69, 9.17) is 0 Å². The maximum absolute atomic E-state index is 2.42. The fourth-order valence-electron chi connectivity index (χ4n) is 3.94. The van der Waals surface area contributed by atoms with E-state index in [0.29, 0.717) is 5.92 Å². The molecule has 1 aliphatic carbocycles. The standard InChI is InChI=1S/C25H23I/c1-3-24-22(11-8-18-6-4-5-7-25(18)24)14-17(2)19-9-10-21-16-23(26)13-12-20(21)15-19/h3-4,6,8-17H,5,7H2,1-2H3/b22-14-,24-3+. The molecule has 0 N–H and O–H groups in total. The maximum Gasteiger partial charge on any atom is 0.0136 e. The number of hydrogen-bond acceptors (Lipinski definition) is 0. The molecule has 1 atom stereocenters. The summed E-state index contributed by atoms with van der Waals surface area (Å²) >= 11 is 2.38. The van der Waals surface area contributed by atoms with Gasteiger partial charge in [-0.05, 0) is 98.3 Å². The van der Waals surface area contributed by atoms with Crippen molar-refractivity contribution in [3.63, 3.8) is 0 Å². The van der Waals surface area contributed by atoms with Gasteiger partial charge in [-0.3, -0.25) is 0 Å². The Balaban J connectivity index is 1.79. The van der Waals surface area contributed by atoms with E-state index >= 15 is 0 Å². The van der Waals surface area contributed by atoms with Crippen molar-refractivity contribution in [2.24, 2.45) is 0 Å². The van der Waals surface area contributed by atoms with Gasteiger partial charge in [0.1, 0.15) is 0 Å². The van der Waals surface area contributed by atoms with Crippen molar-refractivity contribution in [2.75, 3.05) is 0 Å². The molecule has 1 heteroatoms. The summed E-state index contributed by atoms with van der Waals surface area (Å²) in [5, 5.41) is 5.41. The minimum Gasteiger partial charge on any atom is -0.0836 e. The van der Waals surface area contributed by atoms with E-state index in [1.807, 2.05) is 0 Å². The summed E-state index contributed by atoms with van der Waals surface area (Å²) in [5.74, 6) is 0.384. The number of fused-ring (bicyclic) bond motifs is 2. The van der Waals surface area contributed by atoms with Crippen LogP contribution in [0.25, 0.3) is 29.0 Å². The zero-order valence-corrected chi connectivity index (χ0v) is 17.5. The Bertz CT molecular complexity index is 1120. The molecule has 0 amide bonds. The first-order valence-electron chi connectivity index (χ1n) is 9.31. The van der Waals surface area contributed by atoms with Crippen LogP contribution in [-0.4, -0.2) is 0 Å². The Morgan fingerprint density at radius 3 is 2.65 bits per heavy atom. The number of hydrogen-bond donors (Lipinski definition) is 0. The highest BCUT2D eigenvalue weighted by Crippen LogP contribution is 2.24. The predicted molar refractivity (Wildman–Crippen MR) is 123 cm³/mol. The highest BCUT2D eigenvalue weighted by molar-refractivity contribution is 14.1. The van der Waals surface area contributed by atoms with E-state index in [2.05, 4.69) is 109 Å². The van der Waals surface area contributed by atoms with Crippen LogP contribution in [0.2, 0.25) is 0 Å². The number of allylic oxidation sites excluding steroid dienone is 1. The Kier molecular flexibility index (Phi) is 4.99. The molecule has 0 saturated carbocycles. The fraction of sp³-hybridized carbons (Fsp3) is 0.200. The molecule has 0 aliphatic heterocycles. The summed E-state index contributed by atoms with van der Waals surface area (Å²) in [6.45, 7) is 4.46. The fourth-order valence-corrected chi connectivity index (χ4v) is 4.46. The van der Waals surface area contributed by atoms with Crippen LogP contribution < -0.4 is 10.4 Å². The van der Waals surface area contributed by atoms with E-state index in [-0.39, 0.29) is 0 Å². The molecule has 130 valence electrons. The van der Waals surface area contributed by atoms with Gasteiger partial charge < -0.3 is 0 Å². The second-order valence-electron chi connectivity index (χ2n) is 7.07. The third kappa shape index (κ3) is 3.37. The molecular formula is C25H23I. The van der Waals surface area contributed by atoms with Crippen molar-refractivity contribution in [3.05, 3.63) is 85.3 Å². The second kappa shape index (κ2) is 7.40. The van der Waals surface area contributed by atoms with Crippen molar-refractivity contribution < 1.29 is 0 Å². The summed E-state index contributed by atoms with van der Waals surface area (Å²) in [7, 11) is 0. The highest BCUT2D eigenvalue weighted by Gasteiger charge is 2.08. The van der Waals surface area contributed by atoms with Gasteiger partial charge in [0.2, 0.25) is 0 Å². The van der Waals surface area contributed by atoms with Crippen LogP contribution in [0, 0.1) is 3.57 Å². The number of halogens is 1. The lowest BCUT2D eigenvalue weighted by Gasteiger charge is -2.13. The minimum absolute atomic E-state index is 0.384. The van der Waals surface area contributed by atoms with Gasteiger partial charge in [0.15, 0.2) is 0 Å². The smallest absolute Gasteiger partial charge is 0.0136 e. The van der Waals surface area contributed by atoms with E-state index in [1.165, 1.54) is 41.5 Å². The third-order valence-electron chi connectivity index (χ3n) is 5.36. The zero-order chi connectivity index (χ0) is 18.1. The molecular weight excluding hydrogens is 427 g/mol. The van der Waals surface area contributed by atoms with Gasteiger partial charge in [0.25, 0.3) is 0 Å². The van der Waals surface area contributed by atoms with Gasteiger partial charge in [-0.2, -0.15) is 0 Å². The van der Waals surface area contributed by atoms with E-state index in [0.717, 1.165) is 12.8 Å². The topological polar surface area (TPSA) is 0 Å². The quantitative estimate of drug-likeness (QED) is 0.434. The molecule has 3 aromatic carbocycles. The summed E-state index contributed by atoms with van der Waals surface area (Å²) in [6.07, 6.45) is 11.5. The number of rotatable bonds is 2. The summed E-state index contributed by atoms with van der Waals surface area (Å²) in [6, 6.07) is 18.1. The van der Waals surface area contributed by atoms with Gasteiger partial charge in [-0.15, -0.1) is 0 Å². The third-order valence-corrected chi connectivity index (χ3v) is 6.03. The van der Waals surface area contributed by atoms with Crippen molar-refractivity contribution in [2.45, 2.75) is 32.6 Å². The van der Waals surface area contributed by atoms with Crippen LogP contribution in [0.15, 0.2) is 54.6 Å². The molecule has 0 radical (unpaired) electrons. The van der Waals surface area contributed by atoms with Gasteiger partial charge in [0.05, 0.1) is 0 Å². The van der Waals surface area contributed by atoms with Crippen molar-refractivity contribution in [1.82, 2.24) is 0 Å². The van der Waals surface area contributed by atoms with Gasteiger partial charge >= 0.3 is 0 Å². The molecule has 1 aliphatic rings. The molecule has 0 fully saturated rings. The molecule has 0 aromatic heterocycles. The maximum atomic E-state index is 2.42. The van der Waals surface area contributed by atoms with Crippen LogP contribution in [0.3, 0.4) is 0 Å². The van der Waals surface area contributed by atoms with E-state index in [1.54, 1.807) is 0 Å². The first kappa shape index (κ1) is 17.5. The summed E-state index contributed by atoms with van der Waals surface area (Å²) < 4.78 is 1.29. The average Bonchev–Trinajstić information content (AvgIpc) is 2.67. The predicted octanol–water partition coefficient (Wildman–Crippen LogP) is 5.79. The van der Waals surface area contributed by atoms with Gasteiger partial charge in [-0.25, -0.2) is 0 Å². The second-order valence-corrected chi connectivity index (χ2v) is 8.32. The Hall–Kier alpha value is -1.87. The molecule has 0 heterocycles. The van der Waals surface area contributed by atoms with Crippen LogP contribution >= 0.6 is 22.6 Å². The molecule has 0 nitrogen and oxygen atoms in total. The molecule has 0 saturated heterocycles. The van der Waals surface area contributed by atoms with Gasteiger partial charge in [0, 0.05) is 3.57 Å². The summed E-state index contributed by atoms with van der Waals surface area (Å²) in [4.78, 5) is 0. The van der Waals surface area contributed by atoms with Crippen molar-refractivity contribution >= 4 is 51.6 Å². The molecule has 26 heavy (non-hydrogen) atoms. The lowest BCUT2D eigenvalue weighted by molar-refractivity contribution is 0.967. The Morgan fingerprint density at radius 1 is 1.00 bits per heavy atom. The largest absolute Gasteiger partial charge is 0.0836 e. The number of benzene rings is 3. The molecule has 1 unspecified atom stereocenters. The Labute approximate surface area is 169 Å². The normalized spacial score (nSPS) is 16.1.